The zero-order chi connectivity index (χ0) is 17.6. The van der Waals surface area contributed by atoms with Gasteiger partial charge in [0.15, 0.2) is 17.3 Å². The molecule has 1 fully saturated rings. The zero-order valence-corrected chi connectivity index (χ0v) is 13.7. The van der Waals surface area contributed by atoms with Crippen LogP contribution in [0, 0.1) is 11.6 Å². The predicted molar refractivity (Wildman–Crippen MR) is 86.6 cm³/mol. The number of benzene rings is 1. The highest BCUT2D eigenvalue weighted by Gasteiger charge is 2.31. The van der Waals surface area contributed by atoms with Crippen molar-refractivity contribution in [3.8, 4) is 5.69 Å². The van der Waals surface area contributed by atoms with E-state index in [-0.39, 0.29) is 12.0 Å². The van der Waals surface area contributed by atoms with E-state index in [1.807, 2.05) is 0 Å². The molecule has 0 atom stereocenters. The monoisotopic (exact) mass is 347 g/mol. The molecular weight excluding hydrogens is 328 g/mol. The Balaban J connectivity index is 1.70. The molecular formula is C18H19F2N3O2. The molecule has 1 saturated heterocycles. The second-order valence-electron chi connectivity index (χ2n) is 6.66. The molecule has 0 radical (unpaired) electrons. The van der Waals surface area contributed by atoms with Crippen molar-refractivity contribution in [1.29, 1.82) is 0 Å². The Labute approximate surface area is 143 Å². The van der Waals surface area contributed by atoms with E-state index in [9.17, 15) is 18.7 Å². The summed E-state index contributed by atoms with van der Waals surface area (Å²) < 4.78 is 28.4. The van der Waals surface area contributed by atoms with Gasteiger partial charge >= 0.3 is 0 Å². The smallest absolute Gasteiger partial charge is 0.274 e. The van der Waals surface area contributed by atoms with E-state index < -0.39 is 11.6 Å². The lowest BCUT2D eigenvalue weighted by molar-refractivity contribution is 0.0540. The number of aromatic nitrogens is 2. The average molecular weight is 347 g/mol. The number of piperidine rings is 1. The molecule has 1 amide bonds. The van der Waals surface area contributed by atoms with Gasteiger partial charge in [0.1, 0.15) is 0 Å². The van der Waals surface area contributed by atoms with Crippen LogP contribution in [0.3, 0.4) is 0 Å². The summed E-state index contributed by atoms with van der Waals surface area (Å²) in [4.78, 5) is 14.6. The van der Waals surface area contributed by atoms with Gasteiger partial charge < -0.3 is 10.0 Å². The molecule has 7 heteroatoms. The van der Waals surface area contributed by atoms with Gasteiger partial charge in [0.05, 0.1) is 11.8 Å². The van der Waals surface area contributed by atoms with Crippen LogP contribution in [-0.4, -0.2) is 44.9 Å². The minimum absolute atomic E-state index is 0.147. The molecule has 2 heterocycles. The predicted octanol–water partition coefficient (Wildman–Crippen LogP) is 2.24. The number of rotatable bonds is 2. The van der Waals surface area contributed by atoms with Crippen LogP contribution < -0.4 is 0 Å². The summed E-state index contributed by atoms with van der Waals surface area (Å²) in [6.07, 6.45) is 3.21. The van der Waals surface area contributed by atoms with Crippen LogP contribution in [0.5, 0.6) is 0 Å². The summed E-state index contributed by atoms with van der Waals surface area (Å²) in [5, 5.41) is 14.1. The topological polar surface area (TPSA) is 58.4 Å². The van der Waals surface area contributed by atoms with Gasteiger partial charge in [-0.15, -0.1) is 0 Å². The summed E-state index contributed by atoms with van der Waals surface area (Å²) in [5.74, 6) is -1.99. The molecule has 2 aromatic rings. The van der Waals surface area contributed by atoms with Crippen molar-refractivity contribution < 1.29 is 18.7 Å². The fourth-order valence-electron chi connectivity index (χ4n) is 3.66. The Kier molecular flexibility index (Phi) is 4.03. The summed E-state index contributed by atoms with van der Waals surface area (Å²) in [5.41, 5.74) is 2.62. The van der Waals surface area contributed by atoms with E-state index in [0.29, 0.717) is 37.3 Å². The van der Waals surface area contributed by atoms with Gasteiger partial charge in [0.25, 0.3) is 5.91 Å². The third-order valence-corrected chi connectivity index (χ3v) is 5.03. The van der Waals surface area contributed by atoms with Crippen molar-refractivity contribution in [2.75, 3.05) is 13.1 Å². The number of halogens is 2. The van der Waals surface area contributed by atoms with Gasteiger partial charge in [-0.1, -0.05) is 0 Å². The Morgan fingerprint density at radius 2 is 1.92 bits per heavy atom. The van der Waals surface area contributed by atoms with Crippen molar-refractivity contribution in [1.82, 2.24) is 14.7 Å². The molecule has 25 heavy (non-hydrogen) atoms. The number of carbonyl (C=O) groups is 1. The summed E-state index contributed by atoms with van der Waals surface area (Å²) in [6, 6.07) is 3.64. The number of fused-ring (bicyclic) bond motifs is 1. The third kappa shape index (κ3) is 2.82. The Morgan fingerprint density at radius 3 is 2.64 bits per heavy atom. The summed E-state index contributed by atoms with van der Waals surface area (Å²) in [7, 11) is 0. The summed E-state index contributed by atoms with van der Waals surface area (Å²) in [6.45, 7) is 1.01. The van der Waals surface area contributed by atoms with Crippen molar-refractivity contribution in [2.45, 2.75) is 38.2 Å². The molecule has 1 N–H and O–H groups in total. The Morgan fingerprint density at radius 1 is 1.16 bits per heavy atom. The first-order valence-electron chi connectivity index (χ1n) is 8.58. The highest BCUT2D eigenvalue weighted by molar-refractivity contribution is 5.94. The number of aliphatic hydroxyl groups is 1. The first kappa shape index (κ1) is 16.2. The van der Waals surface area contributed by atoms with Gasteiger partial charge in [-0.25, -0.2) is 13.5 Å². The number of amides is 1. The quantitative estimate of drug-likeness (QED) is 0.906. The molecule has 0 bridgehead atoms. The lowest BCUT2D eigenvalue weighted by atomic mass is 10.1. The van der Waals surface area contributed by atoms with Gasteiger partial charge in [0.2, 0.25) is 0 Å². The van der Waals surface area contributed by atoms with Crippen LogP contribution in [0.2, 0.25) is 0 Å². The highest BCUT2D eigenvalue weighted by Crippen LogP contribution is 2.29. The van der Waals surface area contributed by atoms with Gasteiger partial charge in [-0.05, 0) is 44.2 Å². The molecule has 132 valence electrons. The SMILES string of the molecule is O=C(c1nn(-c2ccc(F)c(F)c2)c2c1CCC2)N1CCC(O)CC1. The number of likely N-dealkylation sites (tertiary alicyclic amines) is 1. The number of nitrogens with zero attached hydrogens (tertiary/aromatic N) is 3. The lowest BCUT2D eigenvalue weighted by Crippen LogP contribution is -2.40. The number of hydrogen-bond donors (Lipinski definition) is 1. The van der Waals surface area contributed by atoms with E-state index in [1.165, 1.54) is 6.07 Å². The Hall–Kier alpha value is -2.28. The maximum absolute atomic E-state index is 13.6. The lowest BCUT2D eigenvalue weighted by Gasteiger charge is -2.29. The molecule has 2 aliphatic rings. The van der Waals surface area contributed by atoms with Gasteiger partial charge in [0, 0.05) is 30.4 Å². The van der Waals surface area contributed by atoms with E-state index >= 15 is 0 Å². The highest BCUT2D eigenvalue weighted by atomic mass is 19.2. The number of carbonyl (C=O) groups excluding carboxylic acids is 1. The van der Waals surface area contributed by atoms with E-state index in [4.69, 9.17) is 0 Å². The first-order valence-corrected chi connectivity index (χ1v) is 8.58. The normalized spacial score (nSPS) is 17.8. The van der Waals surface area contributed by atoms with Crippen LogP contribution in [0.4, 0.5) is 8.78 Å². The minimum Gasteiger partial charge on any atom is -0.393 e. The average Bonchev–Trinajstić information content (AvgIpc) is 3.20. The van der Waals surface area contributed by atoms with Crippen LogP contribution in [0.15, 0.2) is 18.2 Å². The fourth-order valence-corrected chi connectivity index (χ4v) is 3.66. The Bertz CT molecular complexity index is 826. The molecule has 5 nitrogen and oxygen atoms in total. The van der Waals surface area contributed by atoms with Crippen molar-refractivity contribution in [3.05, 3.63) is 46.8 Å². The molecule has 1 aromatic carbocycles. The second-order valence-corrected chi connectivity index (χ2v) is 6.66. The number of aliphatic hydroxyl groups excluding tert-OH is 1. The van der Waals surface area contributed by atoms with Gasteiger partial charge in [-0.3, -0.25) is 4.79 Å². The minimum atomic E-state index is -0.933. The van der Waals surface area contributed by atoms with Crippen molar-refractivity contribution >= 4 is 5.91 Å². The van der Waals surface area contributed by atoms with E-state index in [2.05, 4.69) is 5.10 Å². The van der Waals surface area contributed by atoms with Crippen molar-refractivity contribution in [3.63, 3.8) is 0 Å². The first-order chi connectivity index (χ1) is 12.0. The fraction of sp³-hybridized carbons (Fsp3) is 0.444. The van der Waals surface area contributed by atoms with Crippen molar-refractivity contribution in [2.24, 2.45) is 0 Å². The van der Waals surface area contributed by atoms with E-state index in [1.54, 1.807) is 9.58 Å². The van der Waals surface area contributed by atoms with Crippen LogP contribution in [0.1, 0.15) is 41.0 Å². The van der Waals surface area contributed by atoms with Crippen LogP contribution >= 0.6 is 0 Å². The molecule has 1 aliphatic heterocycles. The van der Waals surface area contributed by atoms with Gasteiger partial charge in [-0.2, -0.15) is 5.10 Å². The maximum atomic E-state index is 13.6. The zero-order valence-electron chi connectivity index (χ0n) is 13.7. The standard InChI is InChI=1S/C18H19F2N3O2/c19-14-5-4-11(10-15(14)20)23-16-3-1-2-13(16)17(21-23)18(25)22-8-6-12(24)7-9-22/h4-5,10,12,24H,1-3,6-9H2. The van der Waals surface area contributed by atoms with E-state index in [0.717, 1.165) is 42.7 Å². The maximum Gasteiger partial charge on any atom is 0.274 e. The number of hydrogen-bond acceptors (Lipinski definition) is 3. The van der Waals surface area contributed by atoms with Crippen LogP contribution in [0.25, 0.3) is 5.69 Å². The molecule has 0 spiro atoms. The third-order valence-electron chi connectivity index (χ3n) is 5.03. The summed E-state index contributed by atoms with van der Waals surface area (Å²) >= 11 is 0. The van der Waals surface area contributed by atoms with Crippen LogP contribution in [-0.2, 0) is 12.8 Å². The molecule has 4 rings (SSSR count). The molecule has 0 unspecified atom stereocenters. The molecule has 0 saturated carbocycles. The largest absolute Gasteiger partial charge is 0.393 e. The molecule has 1 aliphatic carbocycles. The second kappa shape index (κ2) is 6.22. The molecule has 1 aromatic heterocycles.